The summed E-state index contributed by atoms with van der Waals surface area (Å²) in [7, 11) is 0. The second-order valence-corrected chi connectivity index (χ2v) is 8.94. The van der Waals surface area contributed by atoms with Crippen molar-refractivity contribution in [1.29, 1.82) is 0 Å². The molecular weight excluding hydrogens is 368 g/mol. The van der Waals surface area contributed by atoms with Crippen LogP contribution in [0.5, 0.6) is 5.88 Å². The second kappa shape index (κ2) is 6.83. The average molecular weight is 391 g/mol. The van der Waals surface area contributed by atoms with E-state index >= 15 is 0 Å². The molecule has 0 radical (unpaired) electrons. The standard InChI is InChI=1S/C19H23ClN4OS/c1-11-8-12(2)10-23(9-11)16(14-4-6-15(20)7-5-14)17-18(25)24-19(26-17)21-13(3)22-24/h4-7,11-12,16,25H,8-10H2,1-3H3/t11-,12+,16-/m0/s1. The molecule has 4 rings (SSSR count). The van der Waals surface area contributed by atoms with E-state index in [1.54, 1.807) is 4.52 Å². The molecule has 1 saturated heterocycles. The topological polar surface area (TPSA) is 53.7 Å². The molecule has 0 spiro atoms. The Morgan fingerprint density at radius 1 is 1.19 bits per heavy atom. The van der Waals surface area contributed by atoms with Crippen LogP contribution in [0.4, 0.5) is 0 Å². The van der Waals surface area contributed by atoms with Crippen molar-refractivity contribution in [1.82, 2.24) is 19.5 Å². The number of aryl methyl sites for hydroxylation is 1. The molecule has 7 heteroatoms. The molecule has 0 saturated carbocycles. The zero-order chi connectivity index (χ0) is 18.4. The fourth-order valence-electron chi connectivity index (χ4n) is 4.12. The van der Waals surface area contributed by atoms with Gasteiger partial charge in [-0.25, -0.2) is 4.98 Å². The van der Waals surface area contributed by atoms with Gasteiger partial charge < -0.3 is 5.11 Å². The van der Waals surface area contributed by atoms with Crippen molar-refractivity contribution in [2.24, 2.45) is 11.8 Å². The molecular formula is C19H23ClN4OS. The van der Waals surface area contributed by atoms with Crippen LogP contribution in [0.2, 0.25) is 5.02 Å². The molecule has 0 unspecified atom stereocenters. The second-order valence-electron chi connectivity index (χ2n) is 7.50. The van der Waals surface area contributed by atoms with Crippen LogP contribution in [0.1, 0.15) is 42.6 Å². The van der Waals surface area contributed by atoms with Crippen LogP contribution in [0, 0.1) is 18.8 Å². The minimum atomic E-state index is -0.0220. The zero-order valence-corrected chi connectivity index (χ0v) is 16.8. The summed E-state index contributed by atoms with van der Waals surface area (Å²) in [5, 5.41) is 15.9. The molecule has 1 N–H and O–H groups in total. The van der Waals surface area contributed by atoms with Crippen LogP contribution in [-0.2, 0) is 0 Å². The summed E-state index contributed by atoms with van der Waals surface area (Å²) in [5.41, 5.74) is 1.13. The number of nitrogens with zero attached hydrogens (tertiary/aromatic N) is 4. The summed E-state index contributed by atoms with van der Waals surface area (Å²) in [6, 6.07) is 7.92. The number of aromatic hydroxyl groups is 1. The van der Waals surface area contributed by atoms with E-state index in [1.807, 2.05) is 19.1 Å². The van der Waals surface area contributed by atoms with E-state index in [-0.39, 0.29) is 11.9 Å². The monoisotopic (exact) mass is 390 g/mol. The van der Waals surface area contributed by atoms with Crippen LogP contribution in [0.25, 0.3) is 4.96 Å². The van der Waals surface area contributed by atoms with E-state index in [4.69, 9.17) is 11.6 Å². The molecule has 1 aromatic carbocycles. The smallest absolute Gasteiger partial charge is 0.230 e. The van der Waals surface area contributed by atoms with Gasteiger partial charge >= 0.3 is 0 Å². The molecule has 0 amide bonds. The van der Waals surface area contributed by atoms with Gasteiger partial charge in [0.2, 0.25) is 10.8 Å². The molecule has 3 atom stereocenters. The maximum atomic E-state index is 10.9. The third-order valence-electron chi connectivity index (χ3n) is 5.00. The largest absolute Gasteiger partial charge is 0.492 e. The van der Waals surface area contributed by atoms with E-state index < -0.39 is 0 Å². The number of thiazole rings is 1. The normalized spacial score (nSPS) is 22.8. The number of hydrogen-bond donors (Lipinski definition) is 1. The Morgan fingerprint density at radius 2 is 1.85 bits per heavy atom. The fourth-order valence-corrected chi connectivity index (χ4v) is 5.41. The Kier molecular flexibility index (Phi) is 4.67. The number of rotatable bonds is 3. The zero-order valence-electron chi connectivity index (χ0n) is 15.2. The van der Waals surface area contributed by atoms with E-state index in [9.17, 15) is 5.11 Å². The summed E-state index contributed by atoms with van der Waals surface area (Å²) >= 11 is 7.62. The first kappa shape index (κ1) is 17.8. The highest BCUT2D eigenvalue weighted by atomic mass is 35.5. The summed E-state index contributed by atoms with van der Waals surface area (Å²) in [6.07, 6.45) is 1.24. The van der Waals surface area contributed by atoms with E-state index in [1.165, 1.54) is 17.8 Å². The highest BCUT2D eigenvalue weighted by Crippen LogP contribution is 2.42. The van der Waals surface area contributed by atoms with Crippen LogP contribution in [0.3, 0.4) is 0 Å². The number of fused-ring (bicyclic) bond motifs is 1. The maximum absolute atomic E-state index is 10.9. The van der Waals surface area contributed by atoms with Crippen LogP contribution < -0.4 is 0 Å². The van der Waals surface area contributed by atoms with Crippen molar-refractivity contribution in [2.45, 2.75) is 33.2 Å². The number of aromatic nitrogens is 3. The summed E-state index contributed by atoms with van der Waals surface area (Å²) in [4.78, 5) is 8.52. The molecule has 1 aliphatic rings. The Labute approximate surface area is 162 Å². The minimum Gasteiger partial charge on any atom is -0.492 e. The molecule has 1 aliphatic heterocycles. The first-order valence-electron chi connectivity index (χ1n) is 8.97. The maximum Gasteiger partial charge on any atom is 0.230 e. The van der Waals surface area contributed by atoms with Crippen LogP contribution >= 0.6 is 22.9 Å². The predicted molar refractivity (Wildman–Crippen MR) is 105 cm³/mol. The number of hydrogen-bond acceptors (Lipinski definition) is 5. The van der Waals surface area contributed by atoms with Gasteiger partial charge in [0.25, 0.3) is 0 Å². The SMILES string of the molecule is Cc1nc2sc([C@H](c3ccc(Cl)cc3)N3C[C@H](C)C[C@H](C)C3)c(O)n2n1. The van der Waals surface area contributed by atoms with Gasteiger partial charge in [0, 0.05) is 18.1 Å². The quantitative estimate of drug-likeness (QED) is 0.714. The van der Waals surface area contributed by atoms with Gasteiger partial charge in [0.15, 0.2) is 0 Å². The summed E-state index contributed by atoms with van der Waals surface area (Å²) in [5.74, 6) is 2.11. The van der Waals surface area contributed by atoms with Crippen LogP contribution in [0.15, 0.2) is 24.3 Å². The van der Waals surface area contributed by atoms with Crippen molar-refractivity contribution in [3.63, 3.8) is 0 Å². The van der Waals surface area contributed by atoms with Gasteiger partial charge in [0.1, 0.15) is 5.82 Å². The van der Waals surface area contributed by atoms with Gasteiger partial charge in [-0.2, -0.15) is 4.52 Å². The average Bonchev–Trinajstić information content (AvgIpc) is 3.07. The Balaban J connectivity index is 1.82. The highest BCUT2D eigenvalue weighted by molar-refractivity contribution is 7.17. The lowest BCUT2D eigenvalue weighted by molar-refractivity contribution is 0.112. The third kappa shape index (κ3) is 3.21. The lowest BCUT2D eigenvalue weighted by Gasteiger charge is -2.40. The van der Waals surface area contributed by atoms with Crippen molar-refractivity contribution in [3.05, 3.63) is 45.6 Å². The van der Waals surface area contributed by atoms with Crippen molar-refractivity contribution in [3.8, 4) is 5.88 Å². The van der Waals surface area contributed by atoms with Gasteiger partial charge in [-0.05, 0) is 42.9 Å². The van der Waals surface area contributed by atoms with E-state index in [0.717, 1.165) is 33.5 Å². The number of likely N-dealkylation sites (tertiary alicyclic amines) is 1. The van der Waals surface area contributed by atoms with Gasteiger partial charge in [-0.15, -0.1) is 5.10 Å². The molecule has 138 valence electrons. The molecule has 0 bridgehead atoms. The number of halogens is 1. The molecule has 2 aromatic heterocycles. The first-order chi connectivity index (χ1) is 12.4. The molecule has 3 heterocycles. The van der Waals surface area contributed by atoms with Crippen molar-refractivity contribution in [2.75, 3.05) is 13.1 Å². The molecule has 5 nitrogen and oxygen atoms in total. The Bertz CT molecular complexity index is 910. The van der Waals surface area contributed by atoms with E-state index in [2.05, 4.69) is 41.0 Å². The van der Waals surface area contributed by atoms with Gasteiger partial charge in [-0.1, -0.05) is 48.9 Å². The highest BCUT2D eigenvalue weighted by Gasteiger charge is 2.33. The minimum absolute atomic E-state index is 0.0220. The third-order valence-corrected chi connectivity index (χ3v) is 6.33. The molecule has 26 heavy (non-hydrogen) atoms. The van der Waals surface area contributed by atoms with E-state index in [0.29, 0.717) is 17.7 Å². The Hall–Kier alpha value is -1.63. The predicted octanol–water partition coefficient (Wildman–Crippen LogP) is 4.53. The van der Waals surface area contributed by atoms with Crippen molar-refractivity contribution >= 4 is 27.9 Å². The van der Waals surface area contributed by atoms with Crippen molar-refractivity contribution < 1.29 is 5.11 Å². The van der Waals surface area contributed by atoms with Gasteiger partial charge in [0.05, 0.1) is 10.9 Å². The lowest BCUT2D eigenvalue weighted by Crippen LogP contribution is -2.41. The fraction of sp³-hybridized carbons (Fsp3) is 0.474. The Morgan fingerprint density at radius 3 is 2.46 bits per heavy atom. The van der Waals surface area contributed by atoms with Gasteiger partial charge in [-0.3, -0.25) is 4.90 Å². The number of benzene rings is 1. The summed E-state index contributed by atoms with van der Waals surface area (Å²) < 4.78 is 1.55. The summed E-state index contributed by atoms with van der Waals surface area (Å²) in [6.45, 7) is 8.44. The molecule has 0 aliphatic carbocycles. The number of piperidine rings is 1. The lowest BCUT2D eigenvalue weighted by atomic mass is 9.89. The molecule has 1 fully saturated rings. The van der Waals surface area contributed by atoms with Crippen LogP contribution in [-0.4, -0.2) is 37.7 Å². The first-order valence-corrected chi connectivity index (χ1v) is 10.2. The molecule has 3 aromatic rings.